The first kappa shape index (κ1) is 16.4. The van der Waals surface area contributed by atoms with Crippen molar-refractivity contribution >= 4 is 26.5 Å². The fourth-order valence-electron chi connectivity index (χ4n) is 1.45. The van der Waals surface area contributed by atoms with Crippen molar-refractivity contribution in [1.82, 2.24) is 9.71 Å². The Morgan fingerprint density at radius 2 is 2.05 bits per heavy atom. The Morgan fingerprint density at radius 3 is 2.63 bits per heavy atom. The van der Waals surface area contributed by atoms with Crippen LogP contribution >= 0.6 is 11.3 Å². The van der Waals surface area contributed by atoms with Crippen molar-refractivity contribution in [3.63, 3.8) is 0 Å². The molecule has 1 heterocycles. The van der Waals surface area contributed by atoms with E-state index in [4.69, 9.17) is 10.5 Å². The molecule has 0 saturated heterocycles. The third-order valence-electron chi connectivity index (χ3n) is 2.41. The van der Waals surface area contributed by atoms with Crippen LogP contribution in [0.25, 0.3) is 0 Å². The van der Waals surface area contributed by atoms with Gasteiger partial charge in [-0.05, 0) is 19.8 Å². The number of sulfonamides is 1. The molecule has 0 amide bonds. The van der Waals surface area contributed by atoms with Gasteiger partial charge in [-0.1, -0.05) is 24.7 Å². The SMILES string of the molecule is CCCCOCCCNS(=O)(=O)c1sc(N)nc1C. The molecule has 0 radical (unpaired) electrons. The molecule has 3 N–H and O–H groups in total. The van der Waals surface area contributed by atoms with E-state index in [0.29, 0.717) is 25.3 Å². The number of thiazole rings is 1. The minimum Gasteiger partial charge on any atom is -0.381 e. The molecule has 0 unspecified atom stereocenters. The molecule has 110 valence electrons. The van der Waals surface area contributed by atoms with Crippen molar-refractivity contribution < 1.29 is 13.2 Å². The first-order chi connectivity index (χ1) is 8.97. The average Bonchev–Trinajstić information content (AvgIpc) is 2.68. The molecular weight excluding hydrogens is 286 g/mol. The van der Waals surface area contributed by atoms with Gasteiger partial charge in [0.2, 0.25) is 0 Å². The van der Waals surface area contributed by atoms with Gasteiger partial charge in [-0.2, -0.15) is 0 Å². The number of nitrogen functional groups attached to an aromatic ring is 1. The van der Waals surface area contributed by atoms with Crippen molar-refractivity contribution in [1.29, 1.82) is 0 Å². The van der Waals surface area contributed by atoms with E-state index in [1.807, 2.05) is 0 Å². The van der Waals surface area contributed by atoms with E-state index >= 15 is 0 Å². The molecule has 0 aliphatic heterocycles. The minimum absolute atomic E-state index is 0.192. The summed E-state index contributed by atoms with van der Waals surface area (Å²) < 4.78 is 32.0. The van der Waals surface area contributed by atoms with Gasteiger partial charge < -0.3 is 10.5 Å². The third-order valence-corrected chi connectivity index (χ3v) is 5.47. The second-order valence-electron chi connectivity index (χ2n) is 4.14. The number of aromatic nitrogens is 1. The van der Waals surface area contributed by atoms with Gasteiger partial charge in [0.1, 0.15) is 0 Å². The number of hydrogen-bond donors (Lipinski definition) is 2. The summed E-state index contributed by atoms with van der Waals surface area (Å²) in [5, 5.41) is 0.265. The number of nitrogens with one attached hydrogen (secondary N) is 1. The van der Waals surface area contributed by atoms with Gasteiger partial charge in [-0.15, -0.1) is 0 Å². The summed E-state index contributed by atoms with van der Waals surface area (Å²) in [5.74, 6) is 0. The van der Waals surface area contributed by atoms with Crippen LogP contribution in [0, 0.1) is 6.92 Å². The van der Waals surface area contributed by atoms with Crippen LogP contribution in [-0.4, -0.2) is 33.2 Å². The van der Waals surface area contributed by atoms with Gasteiger partial charge >= 0.3 is 0 Å². The zero-order valence-corrected chi connectivity index (χ0v) is 12.9. The lowest BCUT2D eigenvalue weighted by Gasteiger charge is -2.06. The fraction of sp³-hybridized carbons (Fsp3) is 0.727. The molecule has 0 bridgehead atoms. The molecule has 6 nitrogen and oxygen atoms in total. The monoisotopic (exact) mass is 307 g/mol. The van der Waals surface area contributed by atoms with Gasteiger partial charge in [0, 0.05) is 19.8 Å². The minimum atomic E-state index is -3.50. The zero-order chi connectivity index (χ0) is 14.3. The predicted molar refractivity (Wildman–Crippen MR) is 76.8 cm³/mol. The number of ether oxygens (including phenoxy) is 1. The fourth-order valence-corrected chi connectivity index (χ4v) is 3.86. The summed E-state index contributed by atoms with van der Waals surface area (Å²) >= 11 is 0.981. The van der Waals surface area contributed by atoms with E-state index in [2.05, 4.69) is 16.6 Å². The molecule has 0 fully saturated rings. The molecule has 8 heteroatoms. The summed E-state index contributed by atoms with van der Waals surface area (Å²) in [7, 11) is -3.50. The van der Waals surface area contributed by atoms with Gasteiger partial charge in [0.05, 0.1) is 5.69 Å². The highest BCUT2D eigenvalue weighted by Gasteiger charge is 2.20. The maximum absolute atomic E-state index is 12.0. The van der Waals surface area contributed by atoms with Gasteiger partial charge in [0.25, 0.3) is 10.0 Å². The number of unbranched alkanes of at least 4 members (excludes halogenated alkanes) is 1. The van der Waals surface area contributed by atoms with Crippen LogP contribution < -0.4 is 10.5 Å². The number of nitrogens with zero attached hydrogens (tertiary/aromatic N) is 1. The molecule has 0 spiro atoms. The lowest BCUT2D eigenvalue weighted by atomic mass is 10.4. The Labute approximate surface area is 118 Å². The second kappa shape index (κ2) is 7.78. The summed E-state index contributed by atoms with van der Waals surface area (Å²) in [6.45, 7) is 5.38. The van der Waals surface area contributed by atoms with E-state index < -0.39 is 10.0 Å². The molecule has 0 saturated carbocycles. The average molecular weight is 307 g/mol. The van der Waals surface area contributed by atoms with Gasteiger partial charge in [0.15, 0.2) is 9.34 Å². The molecule has 1 aromatic heterocycles. The normalized spacial score (nSPS) is 11.9. The number of anilines is 1. The Bertz CT molecular complexity index is 485. The van der Waals surface area contributed by atoms with Crippen LogP contribution in [0.1, 0.15) is 31.9 Å². The molecular formula is C11H21N3O3S2. The van der Waals surface area contributed by atoms with E-state index in [-0.39, 0.29) is 9.34 Å². The van der Waals surface area contributed by atoms with Crippen LogP contribution in [0.3, 0.4) is 0 Å². The van der Waals surface area contributed by atoms with Crippen molar-refractivity contribution in [3.8, 4) is 0 Å². The Morgan fingerprint density at radius 1 is 1.37 bits per heavy atom. The molecule has 0 aromatic carbocycles. The second-order valence-corrected chi connectivity index (χ2v) is 7.14. The molecule has 0 atom stereocenters. The van der Waals surface area contributed by atoms with E-state index in [1.54, 1.807) is 6.92 Å². The smallest absolute Gasteiger partial charge is 0.252 e. The summed E-state index contributed by atoms with van der Waals surface area (Å²) in [4.78, 5) is 3.91. The van der Waals surface area contributed by atoms with Crippen LogP contribution in [0.5, 0.6) is 0 Å². The van der Waals surface area contributed by atoms with Crippen molar-refractivity contribution in [3.05, 3.63) is 5.69 Å². The predicted octanol–water partition coefficient (Wildman–Crippen LogP) is 1.52. The van der Waals surface area contributed by atoms with Crippen LogP contribution in [0.15, 0.2) is 4.21 Å². The summed E-state index contributed by atoms with van der Waals surface area (Å²) in [5.41, 5.74) is 5.93. The van der Waals surface area contributed by atoms with E-state index in [0.717, 1.165) is 30.8 Å². The first-order valence-corrected chi connectivity index (χ1v) is 8.57. The van der Waals surface area contributed by atoms with Crippen molar-refractivity contribution in [2.24, 2.45) is 0 Å². The molecule has 0 aliphatic carbocycles. The van der Waals surface area contributed by atoms with Crippen molar-refractivity contribution in [2.45, 2.75) is 37.3 Å². The Hall–Kier alpha value is -0.700. The highest BCUT2D eigenvalue weighted by atomic mass is 32.2. The van der Waals surface area contributed by atoms with Crippen LogP contribution in [0.2, 0.25) is 0 Å². The number of hydrogen-bond acceptors (Lipinski definition) is 6. The van der Waals surface area contributed by atoms with Crippen molar-refractivity contribution in [2.75, 3.05) is 25.5 Å². The lowest BCUT2D eigenvalue weighted by molar-refractivity contribution is 0.130. The van der Waals surface area contributed by atoms with Crippen LogP contribution in [0.4, 0.5) is 5.13 Å². The first-order valence-electron chi connectivity index (χ1n) is 6.27. The standard InChI is InChI=1S/C11H21N3O3S2/c1-3-4-7-17-8-5-6-13-19(15,16)10-9(2)14-11(12)18-10/h13H,3-8H2,1-2H3,(H2,12,14). The molecule has 19 heavy (non-hydrogen) atoms. The molecule has 0 aliphatic rings. The highest BCUT2D eigenvalue weighted by molar-refractivity contribution is 7.91. The summed E-state index contributed by atoms with van der Waals surface area (Å²) in [6.07, 6.45) is 2.78. The van der Waals surface area contributed by atoms with E-state index in [1.165, 1.54) is 0 Å². The third kappa shape index (κ3) is 5.43. The highest BCUT2D eigenvalue weighted by Crippen LogP contribution is 2.24. The zero-order valence-electron chi connectivity index (χ0n) is 11.3. The largest absolute Gasteiger partial charge is 0.381 e. The summed E-state index contributed by atoms with van der Waals surface area (Å²) in [6, 6.07) is 0. The molecule has 1 aromatic rings. The van der Waals surface area contributed by atoms with Gasteiger partial charge in [-0.3, -0.25) is 0 Å². The quantitative estimate of drug-likeness (QED) is 0.675. The van der Waals surface area contributed by atoms with E-state index in [9.17, 15) is 8.42 Å². The maximum Gasteiger partial charge on any atom is 0.252 e. The Kier molecular flexibility index (Phi) is 6.70. The molecule has 1 rings (SSSR count). The number of aryl methyl sites for hydroxylation is 1. The lowest BCUT2D eigenvalue weighted by Crippen LogP contribution is -2.25. The van der Waals surface area contributed by atoms with Crippen LogP contribution in [-0.2, 0) is 14.8 Å². The topological polar surface area (TPSA) is 94.3 Å². The number of rotatable bonds is 9. The van der Waals surface area contributed by atoms with Gasteiger partial charge in [-0.25, -0.2) is 18.1 Å². The maximum atomic E-state index is 12.0. The number of nitrogens with two attached hydrogens (primary N) is 1. The Balaban J connectivity index is 2.34.